The van der Waals surface area contributed by atoms with Gasteiger partial charge in [0, 0.05) is 0 Å². The molecule has 0 saturated carbocycles. The number of hydrogen-bond acceptors (Lipinski definition) is 5. The molecule has 0 saturated heterocycles. The van der Waals surface area contributed by atoms with E-state index in [-0.39, 0.29) is 6.61 Å². The molecule has 17 heavy (non-hydrogen) atoms. The van der Waals surface area contributed by atoms with Gasteiger partial charge < -0.3 is 10.5 Å². The van der Waals surface area contributed by atoms with Crippen LogP contribution in [0.2, 0.25) is 0 Å². The number of carbonyl (C=O) groups is 2. The lowest BCUT2D eigenvalue weighted by atomic mass is 10.2. The first kappa shape index (κ1) is 13.1. The van der Waals surface area contributed by atoms with Crippen LogP contribution in [-0.4, -0.2) is 23.1 Å². The highest BCUT2D eigenvalue weighted by atomic mass is 16.6. The molecule has 6 nitrogen and oxygen atoms in total. The minimum Gasteiger partial charge on any atom is -0.443 e. The molecule has 4 N–H and O–H groups in total. The summed E-state index contributed by atoms with van der Waals surface area (Å²) in [7, 11) is 0. The zero-order valence-corrected chi connectivity index (χ0v) is 9.50. The van der Waals surface area contributed by atoms with Crippen molar-refractivity contribution in [1.82, 2.24) is 5.01 Å². The van der Waals surface area contributed by atoms with Gasteiger partial charge in [0.1, 0.15) is 6.61 Å². The van der Waals surface area contributed by atoms with Gasteiger partial charge in [-0.25, -0.2) is 10.6 Å². The average molecular weight is 237 g/mol. The van der Waals surface area contributed by atoms with Crippen molar-refractivity contribution in [3.05, 3.63) is 35.9 Å². The molecule has 1 aromatic rings. The van der Waals surface area contributed by atoms with E-state index in [1.54, 1.807) is 12.1 Å². The number of imide groups is 1. The summed E-state index contributed by atoms with van der Waals surface area (Å²) < 4.78 is 4.85. The maximum absolute atomic E-state index is 11.4. The second-order valence-corrected chi connectivity index (χ2v) is 3.54. The predicted molar refractivity (Wildman–Crippen MR) is 61.3 cm³/mol. The SMILES string of the molecule is CC(N)C(=O)N(N)C(=O)OCc1ccccc1. The zero-order chi connectivity index (χ0) is 12.8. The number of nitrogens with zero attached hydrogens (tertiary/aromatic N) is 1. The molecular weight excluding hydrogens is 222 g/mol. The van der Waals surface area contributed by atoms with E-state index in [4.69, 9.17) is 16.3 Å². The standard InChI is InChI=1S/C11H15N3O3/c1-8(12)10(15)14(13)11(16)17-7-9-5-3-2-4-6-9/h2-6,8H,7,12-13H2,1H3. The van der Waals surface area contributed by atoms with Crippen LogP contribution in [0.25, 0.3) is 0 Å². The van der Waals surface area contributed by atoms with E-state index >= 15 is 0 Å². The molecule has 2 amide bonds. The Morgan fingerprint density at radius 3 is 2.47 bits per heavy atom. The highest BCUT2D eigenvalue weighted by molar-refractivity contribution is 5.93. The van der Waals surface area contributed by atoms with Gasteiger partial charge in [-0.05, 0) is 12.5 Å². The third kappa shape index (κ3) is 3.86. The van der Waals surface area contributed by atoms with E-state index in [0.29, 0.717) is 5.01 Å². The fourth-order valence-corrected chi connectivity index (χ4v) is 1.10. The van der Waals surface area contributed by atoms with Crippen molar-refractivity contribution >= 4 is 12.0 Å². The first-order chi connectivity index (χ1) is 8.02. The minimum atomic E-state index is -0.920. The second-order valence-electron chi connectivity index (χ2n) is 3.54. The maximum Gasteiger partial charge on any atom is 0.431 e. The Morgan fingerprint density at radius 2 is 1.94 bits per heavy atom. The van der Waals surface area contributed by atoms with Gasteiger partial charge in [0.25, 0.3) is 5.91 Å². The van der Waals surface area contributed by atoms with E-state index < -0.39 is 18.0 Å². The van der Waals surface area contributed by atoms with Crippen LogP contribution in [0, 0.1) is 0 Å². The Bertz CT molecular complexity index is 392. The maximum atomic E-state index is 11.4. The lowest BCUT2D eigenvalue weighted by Crippen LogP contribution is -2.49. The van der Waals surface area contributed by atoms with E-state index in [0.717, 1.165) is 5.56 Å². The van der Waals surface area contributed by atoms with Crippen molar-refractivity contribution in [3.8, 4) is 0 Å². The van der Waals surface area contributed by atoms with Crippen molar-refractivity contribution < 1.29 is 14.3 Å². The van der Waals surface area contributed by atoms with Crippen molar-refractivity contribution in [2.45, 2.75) is 19.6 Å². The molecule has 0 bridgehead atoms. The van der Waals surface area contributed by atoms with Crippen LogP contribution in [0.4, 0.5) is 4.79 Å². The molecule has 1 rings (SSSR count). The minimum absolute atomic E-state index is 0.0552. The van der Waals surface area contributed by atoms with E-state index in [1.165, 1.54) is 6.92 Å². The molecule has 0 aliphatic heterocycles. The zero-order valence-electron chi connectivity index (χ0n) is 9.50. The number of carbonyl (C=O) groups excluding carboxylic acids is 2. The molecule has 92 valence electrons. The topological polar surface area (TPSA) is 98.7 Å². The van der Waals surface area contributed by atoms with Gasteiger partial charge in [0.15, 0.2) is 0 Å². The molecule has 0 fully saturated rings. The largest absolute Gasteiger partial charge is 0.443 e. The van der Waals surface area contributed by atoms with Crippen molar-refractivity contribution in [3.63, 3.8) is 0 Å². The molecule has 6 heteroatoms. The number of hydrogen-bond donors (Lipinski definition) is 2. The molecule has 0 aliphatic carbocycles. The van der Waals surface area contributed by atoms with Crippen LogP contribution >= 0.6 is 0 Å². The third-order valence-corrected chi connectivity index (χ3v) is 2.03. The normalized spacial score (nSPS) is 11.7. The van der Waals surface area contributed by atoms with Gasteiger partial charge in [-0.2, -0.15) is 5.01 Å². The van der Waals surface area contributed by atoms with E-state index in [9.17, 15) is 9.59 Å². The molecule has 0 radical (unpaired) electrons. The fourth-order valence-electron chi connectivity index (χ4n) is 1.10. The highest BCUT2D eigenvalue weighted by Gasteiger charge is 2.22. The Balaban J connectivity index is 2.48. The Hall–Kier alpha value is -1.92. The second kappa shape index (κ2) is 5.97. The summed E-state index contributed by atoms with van der Waals surface area (Å²) in [6, 6.07) is 8.22. The monoisotopic (exact) mass is 237 g/mol. The van der Waals surface area contributed by atoms with Gasteiger partial charge in [-0.1, -0.05) is 30.3 Å². The molecule has 0 aliphatic rings. The van der Waals surface area contributed by atoms with Crippen LogP contribution in [0.5, 0.6) is 0 Å². The quantitative estimate of drug-likeness (QED) is 0.449. The molecule has 0 aromatic heterocycles. The number of amides is 2. The van der Waals surface area contributed by atoms with Gasteiger partial charge in [-0.15, -0.1) is 0 Å². The van der Waals surface area contributed by atoms with Crippen molar-refractivity contribution in [2.24, 2.45) is 11.6 Å². The van der Waals surface area contributed by atoms with Crippen molar-refractivity contribution in [1.29, 1.82) is 0 Å². The molecule has 1 aromatic carbocycles. The number of hydrazine groups is 1. The predicted octanol–water partition coefficient (Wildman–Crippen LogP) is 0.373. The summed E-state index contributed by atoms with van der Waals surface area (Å²) in [6.45, 7) is 1.49. The molecule has 0 spiro atoms. The lowest BCUT2D eigenvalue weighted by molar-refractivity contribution is -0.130. The summed E-state index contributed by atoms with van der Waals surface area (Å²) in [5.41, 5.74) is 6.11. The number of rotatable bonds is 3. The Labute approximate surface area is 99.1 Å². The van der Waals surface area contributed by atoms with Gasteiger partial charge >= 0.3 is 6.09 Å². The van der Waals surface area contributed by atoms with Gasteiger partial charge in [0.2, 0.25) is 0 Å². The summed E-state index contributed by atoms with van der Waals surface area (Å²) in [6.07, 6.45) is -0.920. The summed E-state index contributed by atoms with van der Waals surface area (Å²) in [5.74, 6) is 4.56. The van der Waals surface area contributed by atoms with Gasteiger partial charge in [-0.3, -0.25) is 4.79 Å². The Kier molecular flexibility index (Phi) is 4.62. The van der Waals surface area contributed by atoms with Crippen LogP contribution in [0.1, 0.15) is 12.5 Å². The van der Waals surface area contributed by atoms with Crippen LogP contribution in [0.15, 0.2) is 30.3 Å². The first-order valence-electron chi connectivity index (χ1n) is 5.07. The highest BCUT2D eigenvalue weighted by Crippen LogP contribution is 2.02. The Morgan fingerprint density at radius 1 is 1.35 bits per heavy atom. The van der Waals surface area contributed by atoms with E-state index in [1.807, 2.05) is 18.2 Å². The number of benzene rings is 1. The number of ether oxygens (including phenoxy) is 1. The van der Waals surface area contributed by atoms with E-state index in [2.05, 4.69) is 0 Å². The van der Waals surface area contributed by atoms with Crippen LogP contribution < -0.4 is 11.6 Å². The summed E-state index contributed by atoms with van der Waals surface area (Å²) >= 11 is 0. The molecule has 1 unspecified atom stereocenters. The fraction of sp³-hybridized carbons (Fsp3) is 0.273. The summed E-state index contributed by atoms with van der Waals surface area (Å²) in [4.78, 5) is 22.6. The van der Waals surface area contributed by atoms with Crippen LogP contribution in [-0.2, 0) is 16.1 Å². The van der Waals surface area contributed by atoms with Crippen molar-refractivity contribution in [2.75, 3.05) is 0 Å². The lowest BCUT2D eigenvalue weighted by Gasteiger charge is -2.16. The average Bonchev–Trinajstić information content (AvgIpc) is 2.35. The summed E-state index contributed by atoms with van der Waals surface area (Å²) in [5, 5.41) is 0.383. The molecule has 0 heterocycles. The van der Waals surface area contributed by atoms with Crippen LogP contribution in [0.3, 0.4) is 0 Å². The molecule has 1 atom stereocenters. The molecular formula is C11H15N3O3. The van der Waals surface area contributed by atoms with Gasteiger partial charge in [0.05, 0.1) is 6.04 Å². The third-order valence-electron chi connectivity index (χ3n) is 2.03. The smallest absolute Gasteiger partial charge is 0.431 e. The number of nitrogens with two attached hydrogens (primary N) is 2. The first-order valence-corrected chi connectivity index (χ1v) is 5.07.